The van der Waals surface area contributed by atoms with Crippen LogP contribution in [-0.2, 0) is 11.2 Å². The summed E-state index contributed by atoms with van der Waals surface area (Å²) in [7, 11) is 0. The van der Waals surface area contributed by atoms with Crippen molar-refractivity contribution in [2.75, 3.05) is 0 Å². The summed E-state index contributed by atoms with van der Waals surface area (Å²) in [4.78, 5) is 11.6. The fourth-order valence-electron chi connectivity index (χ4n) is 3.13. The molecule has 0 heterocycles. The van der Waals surface area contributed by atoms with E-state index in [1.54, 1.807) is 6.08 Å². The topological polar surface area (TPSA) is 17.1 Å². The Morgan fingerprint density at radius 2 is 1.39 bits per heavy atom. The van der Waals surface area contributed by atoms with Gasteiger partial charge >= 0.3 is 0 Å². The van der Waals surface area contributed by atoms with Gasteiger partial charge in [-0.05, 0) is 71.2 Å². The number of ketones is 1. The van der Waals surface area contributed by atoms with E-state index < -0.39 is 0 Å². The standard InChI is InChI=1S/C19H14O.C8H6/c1-3-14-4-6-15(7-5-14)16-8-9-17-11-18(20)10-13(2)19(17)12-16;1-2-8-6-4-3-5-7-8/h1,4-10,12H,11H2,2H3;1,3-7H. The van der Waals surface area contributed by atoms with Crippen molar-refractivity contribution < 1.29 is 4.79 Å². The number of benzene rings is 3. The Morgan fingerprint density at radius 3 is 2.00 bits per heavy atom. The molecule has 0 fully saturated rings. The average Bonchev–Trinajstić information content (AvgIpc) is 2.74. The first-order valence-corrected chi connectivity index (χ1v) is 9.04. The molecule has 134 valence electrons. The van der Waals surface area contributed by atoms with Crippen LogP contribution in [0.3, 0.4) is 0 Å². The molecule has 1 aliphatic rings. The van der Waals surface area contributed by atoms with E-state index in [2.05, 4.69) is 24.0 Å². The van der Waals surface area contributed by atoms with Crippen LogP contribution >= 0.6 is 0 Å². The van der Waals surface area contributed by atoms with Gasteiger partial charge in [0.1, 0.15) is 0 Å². The number of hydrogen-bond acceptors (Lipinski definition) is 1. The zero-order valence-corrected chi connectivity index (χ0v) is 15.8. The molecule has 0 unspecified atom stereocenters. The fourth-order valence-corrected chi connectivity index (χ4v) is 3.13. The minimum atomic E-state index is 0.182. The van der Waals surface area contributed by atoms with E-state index in [0.29, 0.717) is 6.42 Å². The second-order valence-corrected chi connectivity index (χ2v) is 6.57. The number of allylic oxidation sites excluding steroid dienone is 2. The van der Waals surface area contributed by atoms with Crippen molar-refractivity contribution in [1.29, 1.82) is 0 Å². The van der Waals surface area contributed by atoms with Gasteiger partial charge in [0.25, 0.3) is 0 Å². The molecule has 1 heteroatoms. The Morgan fingerprint density at radius 1 is 0.786 bits per heavy atom. The molecule has 1 nitrogen and oxygen atoms in total. The Bertz CT molecular complexity index is 1100. The molecule has 0 aromatic heterocycles. The van der Waals surface area contributed by atoms with Crippen LogP contribution in [0.2, 0.25) is 0 Å². The van der Waals surface area contributed by atoms with Crippen molar-refractivity contribution in [1.82, 2.24) is 0 Å². The lowest BCUT2D eigenvalue weighted by molar-refractivity contribution is -0.114. The van der Waals surface area contributed by atoms with Gasteiger partial charge in [0.2, 0.25) is 0 Å². The van der Waals surface area contributed by atoms with E-state index in [1.807, 2.05) is 67.6 Å². The van der Waals surface area contributed by atoms with Gasteiger partial charge in [-0.1, -0.05) is 54.3 Å². The molecule has 3 aromatic carbocycles. The molecule has 1 aliphatic carbocycles. The first kappa shape index (κ1) is 19.0. The lowest BCUT2D eigenvalue weighted by Gasteiger charge is -2.15. The maximum Gasteiger partial charge on any atom is 0.160 e. The monoisotopic (exact) mass is 360 g/mol. The summed E-state index contributed by atoms with van der Waals surface area (Å²) in [5.74, 6) is 5.33. The summed E-state index contributed by atoms with van der Waals surface area (Å²) < 4.78 is 0. The van der Waals surface area contributed by atoms with Gasteiger partial charge in [0.15, 0.2) is 5.78 Å². The van der Waals surface area contributed by atoms with Gasteiger partial charge in [-0.25, -0.2) is 0 Å². The number of carbonyl (C=O) groups is 1. The van der Waals surface area contributed by atoms with Crippen molar-refractivity contribution in [2.24, 2.45) is 0 Å². The highest BCUT2D eigenvalue weighted by Crippen LogP contribution is 2.30. The van der Waals surface area contributed by atoms with Crippen LogP contribution in [0.25, 0.3) is 16.7 Å². The zero-order valence-electron chi connectivity index (χ0n) is 15.8. The maximum atomic E-state index is 11.6. The predicted molar refractivity (Wildman–Crippen MR) is 117 cm³/mol. The van der Waals surface area contributed by atoms with Crippen molar-refractivity contribution in [3.63, 3.8) is 0 Å². The minimum absolute atomic E-state index is 0.182. The number of carbonyl (C=O) groups excluding carboxylic acids is 1. The molecule has 0 radical (unpaired) electrons. The number of fused-ring (bicyclic) bond motifs is 1. The zero-order chi connectivity index (χ0) is 19.9. The van der Waals surface area contributed by atoms with Gasteiger partial charge in [-0.2, -0.15) is 0 Å². The summed E-state index contributed by atoms with van der Waals surface area (Å²) in [6.45, 7) is 1.99. The third-order valence-electron chi connectivity index (χ3n) is 4.60. The van der Waals surface area contributed by atoms with Crippen LogP contribution in [0.1, 0.15) is 29.2 Å². The quantitative estimate of drug-likeness (QED) is 0.521. The highest BCUT2D eigenvalue weighted by atomic mass is 16.1. The molecule has 0 bridgehead atoms. The summed E-state index contributed by atoms with van der Waals surface area (Å²) in [6.07, 6.45) is 12.7. The van der Waals surface area contributed by atoms with Gasteiger partial charge in [0.05, 0.1) is 0 Å². The third-order valence-corrected chi connectivity index (χ3v) is 4.60. The van der Waals surface area contributed by atoms with Gasteiger partial charge in [-0.15, -0.1) is 12.8 Å². The Kier molecular flexibility index (Phi) is 5.91. The van der Waals surface area contributed by atoms with Crippen LogP contribution in [0.15, 0.2) is 78.9 Å². The summed E-state index contributed by atoms with van der Waals surface area (Å²) in [5, 5.41) is 0. The first-order chi connectivity index (χ1) is 13.6. The highest BCUT2D eigenvalue weighted by molar-refractivity contribution is 6.01. The molecule has 0 aliphatic heterocycles. The van der Waals surface area contributed by atoms with Crippen LogP contribution in [0.5, 0.6) is 0 Å². The summed E-state index contributed by atoms with van der Waals surface area (Å²) in [6, 6.07) is 23.8. The molecule has 0 spiro atoms. The van der Waals surface area contributed by atoms with E-state index in [9.17, 15) is 4.79 Å². The second-order valence-electron chi connectivity index (χ2n) is 6.57. The Labute approximate surface area is 166 Å². The molecular formula is C27H20O. The largest absolute Gasteiger partial charge is 0.294 e. The lowest BCUT2D eigenvalue weighted by Crippen LogP contribution is -2.08. The molecule has 0 atom stereocenters. The third kappa shape index (κ3) is 4.47. The van der Waals surface area contributed by atoms with E-state index in [4.69, 9.17) is 12.8 Å². The second kappa shape index (κ2) is 8.72. The molecule has 0 saturated heterocycles. The van der Waals surface area contributed by atoms with Crippen LogP contribution < -0.4 is 0 Å². The van der Waals surface area contributed by atoms with Crippen LogP contribution in [0.4, 0.5) is 0 Å². The van der Waals surface area contributed by atoms with E-state index in [1.165, 1.54) is 5.56 Å². The molecule has 28 heavy (non-hydrogen) atoms. The molecule has 0 saturated carbocycles. The van der Waals surface area contributed by atoms with E-state index in [-0.39, 0.29) is 5.78 Å². The van der Waals surface area contributed by atoms with Gasteiger partial charge in [-0.3, -0.25) is 4.79 Å². The summed E-state index contributed by atoms with van der Waals surface area (Å²) >= 11 is 0. The molecule has 0 amide bonds. The van der Waals surface area contributed by atoms with E-state index in [0.717, 1.165) is 33.4 Å². The van der Waals surface area contributed by atoms with Crippen LogP contribution in [-0.4, -0.2) is 5.78 Å². The van der Waals surface area contributed by atoms with Crippen molar-refractivity contribution >= 4 is 11.4 Å². The molecule has 3 aromatic rings. The highest BCUT2D eigenvalue weighted by Gasteiger charge is 2.15. The molecular weight excluding hydrogens is 340 g/mol. The number of rotatable bonds is 1. The predicted octanol–water partition coefficient (Wildman–Crippen LogP) is 5.53. The maximum absolute atomic E-state index is 11.6. The van der Waals surface area contributed by atoms with Crippen LogP contribution in [0, 0.1) is 24.7 Å². The summed E-state index contributed by atoms with van der Waals surface area (Å²) in [5.41, 5.74) is 7.42. The lowest BCUT2D eigenvalue weighted by atomic mass is 9.88. The van der Waals surface area contributed by atoms with Gasteiger partial charge in [0, 0.05) is 17.5 Å². The fraction of sp³-hybridized carbons (Fsp3) is 0.0741. The van der Waals surface area contributed by atoms with E-state index >= 15 is 0 Å². The average molecular weight is 360 g/mol. The van der Waals surface area contributed by atoms with Crippen molar-refractivity contribution in [2.45, 2.75) is 13.3 Å². The van der Waals surface area contributed by atoms with Gasteiger partial charge < -0.3 is 0 Å². The number of hydrogen-bond donors (Lipinski definition) is 0. The van der Waals surface area contributed by atoms with Crippen molar-refractivity contribution in [3.05, 3.63) is 101 Å². The smallest absolute Gasteiger partial charge is 0.160 e. The SMILES string of the molecule is C#Cc1ccc(-c2ccc3c(c2)C(C)=CC(=O)C3)cc1.C#Cc1ccccc1. The molecule has 4 rings (SSSR count). The Balaban J connectivity index is 0.000000236. The Hall–Kier alpha value is -3.81. The van der Waals surface area contributed by atoms with Crippen molar-refractivity contribution in [3.8, 4) is 35.8 Å². The first-order valence-electron chi connectivity index (χ1n) is 9.04. The minimum Gasteiger partial charge on any atom is -0.294 e. The number of terminal acetylenes is 2. The molecule has 0 N–H and O–H groups in total. The normalized spacial score (nSPS) is 11.8.